The molecule has 0 aromatic heterocycles. The number of nitrogens with zero attached hydrogens (tertiary/aromatic N) is 1. The molecule has 39 heavy (non-hydrogen) atoms. The molecule has 1 fully saturated rings. The highest BCUT2D eigenvalue weighted by Gasteiger charge is 2.29. The van der Waals surface area contributed by atoms with Crippen LogP contribution >= 0.6 is 0 Å². The van der Waals surface area contributed by atoms with Gasteiger partial charge in [-0.3, -0.25) is 4.79 Å². The normalized spacial score (nSPS) is 15.1. The van der Waals surface area contributed by atoms with Crippen LogP contribution < -0.4 is 14.8 Å². The van der Waals surface area contributed by atoms with Crippen LogP contribution in [0.4, 0.5) is 0 Å². The minimum absolute atomic E-state index is 0.0503. The Labute approximate surface area is 230 Å². The first-order valence-corrected chi connectivity index (χ1v) is 15.6. The quantitative estimate of drug-likeness (QED) is 0.365. The highest BCUT2D eigenvalue weighted by Crippen LogP contribution is 2.25. The maximum atomic E-state index is 13.4. The van der Waals surface area contributed by atoms with E-state index in [4.69, 9.17) is 4.74 Å². The Kier molecular flexibility index (Phi) is 9.06. The summed E-state index contributed by atoms with van der Waals surface area (Å²) in [5.41, 5.74) is 2.20. The van der Waals surface area contributed by atoms with Crippen LogP contribution in [0, 0.1) is 6.92 Å². The highest BCUT2D eigenvalue weighted by atomic mass is 32.2. The summed E-state index contributed by atoms with van der Waals surface area (Å²) < 4.78 is 61.5. The van der Waals surface area contributed by atoms with E-state index in [-0.39, 0.29) is 28.5 Å². The van der Waals surface area contributed by atoms with Gasteiger partial charge in [-0.1, -0.05) is 48.5 Å². The third-order valence-electron chi connectivity index (χ3n) is 6.60. The zero-order chi connectivity index (χ0) is 28.0. The van der Waals surface area contributed by atoms with Gasteiger partial charge in [-0.25, -0.2) is 16.8 Å². The first-order valence-electron chi connectivity index (χ1n) is 12.7. The zero-order valence-corrected chi connectivity index (χ0v) is 23.6. The molecule has 0 aliphatic carbocycles. The summed E-state index contributed by atoms with van der Waals surface area (Å²) in [4.78, 5) is 13.4. The second kappa shape index (κ2) is 12.3. The van der Waals surface area contributed by atoms with E-state index in [1.165, 1.54) is 29.6 Å². The third kappa shape index (κ3) is 7.04. The van der Waals surface area contributed by atoms with Crippen LogP contribution in [0.1, 0.15) is 29.5 Å². The molecule has 1 amide bonds. The molecule has 0 spiro atoms. The van der Waals surface area contributed by atoms with E-state index in [9.17, 15) is 21.6 Å². The summed E-state index contributed by atoms with van der Waals surface area (Å²) in [7, 11) is -6.25. The smallest absolute Gasteiger partial charge is 0.244 e. The number of sulfonamides is 2. The molecule has 3 aromatic rings. The van der Waals surface area contributed by atoms with Gasteiger partial charge in [0.1, 0.15) is 16.7 Å². The van der Waals surface area contributed by atoms with Gasteiger partial charge in [-0.2, -0.15) is 9.03 Å². The van der Waals surface area contributed by atoms with Crippen molar-refractivity contribution in [2.45, 2.75) is 48.6 Å². The average molecular weight is 572 g/mol. The molecule has 0 unspecified atom stereocenters. The van der Waals surface area contributed by atoms with Gasteiger partial charge >= 0.3 is 0 Å². The van der Waals surface area contributed by atoms with E-state index in [1.54, 1.807) is 31.2 Å². The number of rotatable bonds is 11. The van der Waals surface area contributed by atoms with Crippen molar-refractivity contribution in [2.75, 3.05) is 20.2 Å². The summed E-state index contributed by atoms with van der Waals surface area (Å²) in [6.07, 6.45) is 1.84. The predicted octanol–water partition coefficient (Wildman–Crippen LogP) is 2.99. The molecule has 2 N–H and O–H groups in total. The van der Waals surface area contributed by atoms with Crippen LogP contribution in [0.5, 0.6) is 5.75 Å². The van der Waals surface area contributed by atoms with Crippen LogP contribution in [0.15, 0.2) is 82.6 Å². The van der Waals surface area contributed by atoms with E-state index < -0.39 is 32.0 Å². The molecule has 0 radical (unpaired) electrons. The number of nitrogens with one attached hydrogen (secondary N) is 2. The molecular formula is C28H33N3O6S2. The third-order valence-corrected chi connectivity index (χ3v) is 10.0. The summed E-state index contributed by atoms with van der Waals surface area (Å²) in [5.74, 6) is -0.334. The van der Waals surface area contributed by atoms with Crippen molar-refractivity contribution in [2.24, 2.45) is 0 Å². The van der Waals surface area contributed by atoms with Gasteiger partial charge in [0.25, 0.3) is 0 Å². The topological polar surface area (TPSA) is 122 Å². The lowest BCUT2D eigenvalue weighted by Gasteiger charge is -2.20. The first-order chi connectivity index (χ1) is 18.6. The number of amides is 1. The summed E-state index contributed by atoms with van der Waals surface area (Å²) in [5, 5.41) is 2.79. The average Bonchev–Trinajstić information content (AvgIpc) is 3.48. The van der Waals surface area contributed by atoms with Crippen LogP contribution in [-0.4, -0.2) is 53.3 Å². The highest BCUT2D eigenvalue weighted by molar-refractivity contribution is 7.89. The second-order valence-corrected chi connectivity index (χ2v) is 13.1. The van der Waals surface area contributed by atoms with E-state index in [1.807, 2.05) is 30.3 Å². The number of carbonyl (C=O) groups is 1. The van der Waals surface area contributed by atoms with E-state index >= 15 is 0 Å². The SMILES string of the molecule is COc1ccc(C)cc1S(=O)(=O)N[C@@H](Cc1ccccc1)C(=O)NCc1ccc(S(=O)(=O)N2CCCC2)cc1. The summed E-state index contributed by atoms with van der Waals surface area (Å²) in [6, 6.07) is 19.2. The van der Waals surface area contributed by atoms with E-state index in [2.05, 4.69) is 10.0 Å². The minimum Gasteiger partial charge on any atom is -0.495 e. The van der Waals surface area contributed by atoms with Gasteiger partial charge in [0.2, 0.25) is 26.0 Å². The van der Waals surface area contributed by atoms with Gasteiger partial charge in [-0.15, -0.1) is 0 Å². The zero-order valence-electron chi connectivity index (χ0n) is 22.0. The summed E-state index contributed by atoms with van der Waals surface area (Å²) >= 11 is 0. The molecule has 0 bridgehead atoms. The molecule has 11 heteroatoms. The molecule has 0 saturated carbocycles. The Morgan fingerprint density at radius 1 is 0.923 bits per heavy atom. The molecule has 9 nitrogen and oxygen atoms in total. The molecule has 4 rings (SSSR count). The van der Waals surface area contributed by atoms with Crippen molar-refractivity contribution in [3.63, 3.8) is 0 Å². The lowest BCUT2D eigenvalue weighted by molar-refractivity contribution is -0.122. The standard InChI is InChI=1S/C28H33N3O6S2/c1-21-10-15-26(37-2)27(18-21)38(33,34)30-25(19-22-8-4-3-5-9-22)28(32)29-20-23-11-13-24(14-12-23)39(35,36)31-16-6-7-17-31/h3-5,8-15,18,25,30H,6-7,16-17,19-20H2,1-2H3,(H,29,32)/t25-/m0/s1. The lowest BCUT2D eigenvalue weighted by atomic mass is 10.1. The molecule has 1 aliphatic heterocycles. The van der Waals surface area contributed by atoms with Crippen molar-refractivity contribution in [1.82, 2.24) is 14.3 Å². The molecule has 1 atom stereocenters. The van der Waals surface area contributed by atoms with Crippen molar-refractivity contribution in [3.8, 4) is 5.75 Å². The Bertz CT molecular complexity index is 1500. The van der Waals surface area contributed by atoms with Crippen molar-refractivity contribution in [1.29, 1.82) is 0 Å². The van der Waals surface area contributed by atoms with Crippen molar-refractivity contribution >= 4 is 26.0 Å². The fraction of sp³-hybridized carbons (Fsp3) is 0.321. The maximum Gasteiger partial charge on any atom is 0.244 e. The Morgan fingerprint density at radius 2 is 1.59 bits per heavy atom. The fourth-order valence-electron chi connectivity index (χ4n) is 4.45. The number of hydrogen-bond donors (Lipinski definition) is 2. The second-order valence-electron chi connectivity index (χ2n) is 9.49. The van der Waals surface area contributed by atoms with Crippen LogP contribution in [-0.2, 0) is 37.8 Å². The monoisotopic (exact) mass is 571 g/mol. The van der Waals surface area contributed by atoms with Crippen molar-refractivity contribution in [3.05, 3.63) is 89.5 Å². The van der Waals surface area contributed by atoms with Gasteiger partial charge in [0, 0.05) is 19.6 Å². The van der Waals surface area contributed by atoms with Gasteiger partial charge in [0.15, 0.2) is 0 Å². The molecule has 208 valence electrons. The van der Waals surface area contributed by atoms with Crippen LogP contribution in [0.2, 0.25) is 0 Å². The van der Waals surface area contributed by atoms with Crippen LogP contribution in [0.25, 0.3) is 0 Å². The maximum absolute atomic E-state index is 13.4. The number of ether oxygens (including phenoxy) is 1. The fourth-order valence-corrected chi connectivity index (χ4v) is 7.42. The van der Waals surface area contributed by atoms with Crippen LogP contribution in [0.3, 0.4) is 0 Å². The lowest BCUT2D eigenvalue weighted by Crippen LogP contribution is -2.47. The summed E-state index contributed by atoms with van der Waals surface area (Å²) in [6.45, 7) is 2.92. The molecule has 1 saturated heterocycles. The van der Waals surface area contributed by atoms with E-state index in [0.29, 0.717) is 18.7 Å². The molecule has 1 heterocycles. The number of methoxy groups -OCH3 is 1. The Hall–Kier alpha value is -3.25. The Balaban J connectivity index is 1.50. The number of carbonyl (C=O) groups excluding carboxylic acids is 1. The molecular weight excluding hydrogens is 538 g/mol. The van der Waals surface area contributed by atoms with E-state index in [0.717, 1.165) is 24.0 Å². The number of aryl methyl sites for hydroxylation is 1. The molecule has 3 aromatic carbocycles. The van der Waals surface area contributed by atoms with Gasteiger partial charge < -0.3 is 10.1 Å². The van der Waals surface area contributed by atoms with Gasteiger partial charge in [-0.05, 0) is 67.1 Å². The van der Waals surface area contributed by atoms with Gasteiger partial charge in [0.05, 0.1) is 12.0 Å². The minimum atomic E-state index is -4.11. The van der Waals surface area contributed by atoms with Crippen molar-refractivity contribution < 1.29 is 26.4 Å². The predicted molar refractivity (Wildman–Crippen MR) is 148 cm³/mol. The Morgan fingerprint density at radius 3 is 2.23 bits per heavy atom. The largest absolute Gasteiger partial charge is 0.495 e. The first kappa shape index (κ1) is 28.8. The number of hydrogen-bond acceptors (Lipinski definition) is 6. The molecule has 1 aliphatic rings. The number of benzene rings is 3.